The summed E-state index contributed by atoms with van der Waals surface area (Å²) >= 11 is 0. The van der Waals surface area contributed by atoms with Gasteiger partial charge < -0.3 is 14.5 Å². The minimum Gasteiger partial charge on any atom is -0.493 e. The average molecular weight is 1010 g/mol. The first-order valence-electron chi connectivity index (χ1n) is 29.5. The summed E-state index contributed by atoms with van der Waals surface area (Å²) in [7, 11) is 0. The van der Waals surface area contributed by atoms with Crippen LogP contribution < -0.4 is 14.5 Å². The van der Waals surface area contributed by atoms with Crippen molar-refractivity contribution in [3.63, 3.8) is 0 Å². The highest BCUT2D eigenvalue weighted by Gasteiger charge is 2.53. The lowest BCUT2D eigenvalue weighted by Crippen LogP contribution is -2.36. The second kappa shape index (κ2) is 22.3. The molecule has 6 aliphatic carbocycles. The molecule has 0 bridgehead atoms. The highest BCUT2D eigenvalue weighted by Crippen LogP contribution is 2.61. The number of allylic oxidation sites excluding steroid dienone is 11. The van der Waals surface area contributed by atoms with E-state index in [2.05, 4.69) is 244 Å². The van der Waals surface area contributed by atoms with E-state index in [-0.39, 0.29) is 11.5 Å². The van der Waals surface area contributed by atoms with Crippen LogP contribution in [-0.4, -0.2) is 18.7 Å². The van der Waals surface area contributed by atoms with Crippen molar-refractivity contribution in [1.29, 1.82) is 0 Å². The summed E-state index contributed by atoms with van der Waals surface area (Å²) in [6.45, 7) is 16.2. The highest BCUT2D eigenvalue weighted by atomic mass is 16.5. The lowest BCUT2D eigenvalue weighted by Gasteiger charge is -2.41. The summed E-state index contributed by atoms with van der Waals surface area (Å²) in [4.78, 5) is 5.32. The Hall–Kier alpha value is -6.84. The van der Waals surface area contributed by atoms with Crippen LogP contribution in [0.25, 0.3) is 11.6 Å². The van der Waals surface area contributed by atoms with Gasteiger partial charge in [0.2, 0.25) is 0 Å². The smallest absolute Gasteiger partial charge is 0.119 e. The molecule has 0 radical (unpaired) electrons. The molecule has 1 heterocycles. The van der Waals surface area contributed by atoms with Gasteiger partial charge in [0.15, 0.2) is 0 Å². The topological polar surface area (TPSA) is 15.7 Å². The van der Waals surface area contributed by atoms with E-state index in [9.17, 15) is 0 Å². The van der Waals surface area contributed by atoms with Gasteiger partial charge in [-0.2, -0.15) is 0 Å². The van der Waals surface area contributed by atoms with Gasteiger partial charge in [-0.25, -0.2) is 0 Å². The number of fused-ring (bicyclic) bond motifs is 6. The summed E-state index contributed by atoms with van der Waals surface area (Å²) in [5, 5.41) is 0. The van der Waals surface area contributed by atoms with Gasteiger partial charge >= 0.3 is 0 Å². The van der Waals surface area contributed by atoms with Crippen molar-refractivity contribution < 1.29 is 4.74 Å². The third-order valence-electron chi connectivity index (χ3n) is 19.4. The van der Waals surface area contributed by atoms with Gasteiger partial charge in [0.05, 0.1) is 18.7 Å². The monoisotopic (exact) mass is 1010 g/mol. The fourth-order valence-electron chi connectivity index (χ4n) is 15.4. The zero-order chi connectivity index (χ0) is 52.5. The number of ether oxygens (including phenoxy) is 1. The predicted octanol–water partition coefficient (Wildman–Crippen LogP) is 18.8. The highest BCUT2D eigenvalue weighted by molar-refractivity contribution is 5.79. The minimum atomic E-state index is -0.140. The maximum Gasteiger partial charge on any atom is 0.119 e. The van der Waals surface area contributed by atoms with Crippen molar-refractivity contribution in [2.45, 2.75) is 108 Å². The fourth-order valence-corrected chi connectivity index (χ4v) is 15.4. The summed E-state index contributed by atoms with van der Waals surface area (Å²) in [6.07, 6.45) is 42.6. The fraction of sp³-hybridized carbons (Fsp3) is 0.351. The number of nitrogens with zero attached hydrogens (tertiary/aromatic N) is 2. The number of hydrogen-bond donors (Lipinski definition) is 0. The van der Waals surface area contributed by atoms with Crippen LogP contribution in [0.1, 0.15) is 119 Å². The van der Waals surface area contributed by atoms with E-state index in [4.69, 9.17) is 4.74 Å². The molecule has 3 nitrogen and oxygen atoms in total. The Morgan fingerprint density at radius 1 is 0.753 bits per heavy atom. The Balaban J connectivity index is 0.852. The van der Waals surface area contributed by atoms with E-state index in [0.717, 1.165) is 62.9 Å². The third-order valence-corrected chi connectivity index (χ3v) is 19.4. The maximum absolute atomic E-state index is 6.31. The molecule has 7 aliphatic rings. The summed E-state index contributed by atoms with van der Waals surface area (Å²) < 4.78 is 6.31. The Morgan fingerprint density at radius 3 is 2.27 bits per heavy atom. The summed E-state index contributed by atoms with van der Waals surface area (Å²) in [6, 6.07) is 48.9. The number of rotatable bonds is 17. The molecule has 3 heteroatoms. The van der Waals surface area contributed by atoms with Gasteiger partial charge in [0.25, 0.3) is 0 Å². The van der Waals surface area contributed by atoms with E-state index in [1.807, 2.05) is 6.08 Å². The molecule has 1 saturated heterocycles. The zero-order valence-corrected chi connectivity index (χ0v) is 46.0. The molecule has 0 spiro atoms. The molecular formula is C74H80N2O. The average Bonchev–Trinajstić information content (AvgIpc) is 4.08. The van der Waals surface area contributed by atoms with Crippen molar-refractivity contribution in [2.24, 2.45) is 47.3 Å². The summed E-state index contributed by atoms with van der Waals surface area (Å²) in [5.74, 6) is 5.43. The number of hydrogen-bond acceptors (Lipinski definition) is 3. The minimum absolute atomic E-state index is 0.140. The van der Waals surface area contributed by atoms with Gasteiger partial charge in [-0.3, -0.25) is 0 Å². The van der Waals surface area contributed by atoms with E-state index in [0.29, 0.717) is 59.3 Å². The first-order valence-corrected chi connectivity index (χ1v) is 29.5. The lowest BCUT2D eigenvalue weighted by atomic mass is 9.62. The molecular weight excluding hydrogens is 933 g/mol. The molecule has 0 aromatic heterocycles. The van der Waals surface area contributed by atoms with Crippen molar-refractivity contribution >= 4 is 28.7 Å². The second-order valence-electron chi connectivity index (χ2n) is 24.0. The van der Waals surface area contributed by atoms with Crippen LogP contribution in [0.5, 0.6) is 5.75 Å². The van der Waals surface area contributed by atoms with E-state index in [1.54, 1.807) is 11.1 Å². The molecule has 5 aromatic carbocycles. The molecule has 1 aliphatic heterocycles. The van der Waals surface area contributed by atoms with Crippen molar-refractivity contribution in [2.75, 3.05) is 16.4 Å². The number of benzene rings is 5. The lowest BCUT2D eigenvalue weighted by molar-refractivity contribution is 0.230. The van der Waals surface area contributed by atoms with Crippen molar-refractivity contribution in [3.05, 3.63) is 253 Å². The Bertz CT molecular complexity index is 3130. The van der Waals surface area contributed by atoms with Gasteiger partial charge in [-0.15, -0.1) is 6.58 Å². The molecule has 0 amide bonds. The molecule has 77 heavy (non-hydrogen) atoms. The Kier molecular flexibility index (Phi) is 14.7. The Labute approximate surface area is 461 Å². The molecule has 5 aromatic rings. The van der Waals surface area contributed by atoms with Crippen LogP contribution in [0.2, 0.25) is 0 Å². The maximum atomic E-state index is 6.31. The first-order chi connectivity index (χ1) is 37.8. The van der Waals surface area contributed by atoms with Crippen LogP contribution in [0.3, 0.4) is 0 Å². The molecule has 12 unspecified atom stereocenters. The van der Waals surface area contributed by atoms with Crippen LogP contribution in [-0.2, 0) is 5.41 Å². The van der Waals surface area contributed by atoms with Crippen LogP contribution in [0, 0.1) is 47.3 Å². The van der Waals surface area contributed by atoms with Crippen LogP contribution in [0.15, 0.2) is 225 Å². The van der Waals surface area contributed by atoms with Gasteiger partial charge in [-0.05, 0) is 181 Å². The van der Waals surface area contributed by atoms with E-state index in [1.165, 1.54) is 64.3 Å². The third kappa shape index (κ3) is 9.83. The molecule has 392 valence electrons. The molecule has 1 fully saturated rings. The molecule has 12 atom stereocenters. The normalized spacial score (nSPS) is 28.5. The van der Waals surface area contributed by atoms with Gasteiger partial charge in [0, 0.05) is 40.0 Å². The predicted molar refractivity (Wildman–Crippen MR) is 326 cm³/mol. The van der Waals surface area contributed by atoms with Gasteiger partial charge in [-0.1, -0.05) is 197 Å². The SMILES string of the molecule is C=Cc1ccc(OCC(C)CCC(C)CC2(c3ccccc3)c3cc(N(c4ccc(C5=CC6C7C(=CCC(C8=CCC(C=C)CC8)C7C)N(c7ccccc7)C6C=C5)cc4)C4C=CC=CC4)ccc3C3CCC=CC32)cc1. The van der Waals surface area contributed by atoms with E-state index < -0.39 is 0 Å². The van der Waals surface area contributed by atoms with Crippen molar-refractivity contribution in [3.8, 4) is 5.75 Å². The number of para-hydroxylation sites is 1. The zero-order valence-electron chi connectivity index (χ0n) is 46.0. The summed E-state index contributed by atoms with van der Waals surface area (Å²) in [5.41, 5.74) is 15.2. The van der Waals surface area contributed by atoms with E-state index >= 15 is 0 Å². The Morgan fingerprint density at radius 2 is 1.53 bits per heavy atom. The largest absolute Gasteiger partial charge is 0.493 e. The standard InChI is InChI=1S/C74H80N2O/c1-6-54-29-33-57(34-30-54)65-44-46-72-73(53(65)5)68-47-58(37-45-71(68)76(72)61-23-15-10-16-24-61)56-35-38-62(39-36-56)75(60-21-13-9-14-22-60)63-40-43-67-66-25-17-18-26-69(66)74(70(67)48-63,59-19-11-8-12-20-59)49-51(3)27-28-52(4)50-77-64-41-31-55(7-2)32-42-64/h6-16,18-21,23-24,26,31-33,35-43,45-48,51-54,60,65-66,68-69,71,73H,1-2,17,22,25,27-30,34,44,49-50H2,3-5H3. The molecule has 0 N–H and O–H groups in total. The van der Waals surface area contributed by atoms with Gasteiger partial charge in [0.1, 0.15) is 5.75 Å². The second-order valence-corrected chi connectivity index (χ2v) is 24.0. The quantitative estimate of drug-likeness (QED) is 0.0864. The number of anilines is 3. The van der Waals surface area contributed by atoms with Crippen molar-refractivity contribution in [1.82, 2.24) is 0 Å². The first kappa shape index (κ1) is 50.9. The van der Waals surface area contributed by atoms with Crippen LogP contribution >= 0.6 is 0 Å². The molecule has 12 rings (SSSR count). The molecule has 0 saturated carbocycles. The van der Waals surface area contributed by atoms with Crippen LogP contribution in [0.4, 0.5) is 17.1 Å².